The van der Waals surface area contributed by atoms with E-state index in [0.29, 0.717) is 22.5 Å². The van der Waals surface area contributed by atoms with Crippen LogP contribution in [0.4, 0.5) is 36.4 Å². The summed E-state index contributed by atoms with van der Waals surface area (Å²) >= 11 is 0. The smallest absolute Gasteiger partial charge is 0.369 e. The Labute approximate surface area is 217 Å². The second-order valence-electron chi connectivity index (χ2n) is 9.05. The first-order chi connectivity index (χ1) is 18.0. The van der Waals surface area contributed by atoms with Crippen molar-refractivity contribution in [3.63, 3.8) is 0 Å². The molecule has 16 heteroatoms. The van der Waals surface area contributed by atoms with Crippen LogP contribution in [0, 0.1) is 5.82 Å². The Morgan fingerprint density at radius 1 is 1.03 bits per heavy atom. The number of carbonyl (C=O) groups is 2. The minimum Gasteiger partial charge on any atom is -0.369 e. The molecule has 212 valence electrons. The number of benzene rings is 2. The summed E-state index contributed by atoms with van der Waals surface area (Å²) in [6.07, 6.45) is -13.2. The molecule has 1 unspecified atom stereocenters. The number of anilines is 1. The first kappa shape index (κ1) is 28.6. The van der Waals surface area contributed by atoms with Gasteiger partial charge >= 0.3 is 12.4 Å². The lowest BCUT2D eigenvalue weighted by atomic mass is 9.87. The van der Waals surface area contributed by atoms with Crippen molar-refractivity contribution in [3.05, 3.63) is 59.4 Å². The summed E-state index contributed by atoms with van der Waals surface area (Å²) in [5.41, 5.74) is -7.35. The van der Waals surface area contributed by atoms with Crippen LogP contribution in [0.1, 0.15) is 24.0 Å². The number of sulfonamides is 1. The summed E-state index contributed by atoms with van der Waals surface area (Å²) in [5, 5.41) is 12.2. The maximum absolute atomic E-state index is 13.6. The fourth-order valence-corrected chi connectivity index (χ4v) is 6.27. The van der Waals surface area contributed by atoms with E-state index in [1.54, 1.807) is 0 Å². The van der Waals surface area contributed by atoms with Crippen LogP contribution < -0.4 is 9.62 Å². The van der Waals surface area contributed by atoms with Gasteiger partial charge in [0.15, 0.2) is 0 Å². The largest absolute Gasteiger partial charge is 0.430 e. The highest BCUT2D eigenvalue weighted by Crippen LogP contribution is 2.51. The van der Waals surface area contributed by atoms with E-state index < -0.39 is 68.5 Å². The lowest BCUT2D eigenvalue weighted by molar-refractivity contribution is -0.376. The maximum Gasteiger partial charge on any atom is 0.430 e. The summed E-state index contributed by atoms with van der Waals surface area (Å²) in [4.78, 5) is 25.0. The summed E-state index contributed by atoms with van der Waals surface area (Å²) in [6.45, 7) is -0.397. The molecule has 0 aromatic heterocycles. The van der Waals surface area contributed by atoms with Crippen molar-refractivity contribution in [2.45, 2.75) is 48.2 Å². The van der Waals surface area contributed by atoms with Crippen molar-refractivity contribution >= 4 is 27.5 Å². The summed E-state index contributed by atoms with van der Waals surface area (Å²) in [5.74, 6) is -1.84. The van der Waals surface area contributed by atoms with Crippen molar-refractivity contribution in [3.8, 4) is 0 Å². The van der Waals surface area contributed by atoms with Gasteiger partial charge in [-0.25, -0.2) is 12.8 Å². The molecule has 0 spiro atoms. The van der Waals surface area contributed by atoms with Crippen LogP contribution in [0.2, 0.25) is 0 Å². The normalized spacial score (nSPS) is 18.7. The van der Waals surface area contributed by atoms with Crippen molar-refractivity contribution in [2.24, 2.45) is 0 Å². The first-order valence-electron chi connectivity index (χ1n) is 11.3. The van der Waals surface area contributed by atoms with Gasteiger partial charge in [-0.05, 0) is 48.7 Å². The lowest BCUT2D eigenvalue weighted by Gasteiger charge is -2.39. The van der Waals surface area contributed by atoms with E-state index in [1.807, 2.05) is 0 Å². The van der Waals surface area contributed by atoms with E-state index in [-0.39, 0.29) is 37.3 Å². The van der Waals surface area contributed by atoms with Crippen LogP contribution in [0.25, 0.3) is 0 Å². The Hall–Kier alpha value is -3.40. The van der Waals surface area contributed by atoms with Crippen molar-refractivity contribution < 1.29 is 53.8 Å². The third-order valence-corrected chi connectivity index (χ3v) is 8.45. The standard InChI is InChI=1S/C23H20F7N3O5S/c24-15-3-6-17(7-4-15)39(37,38)33-16(10-20(35)32-11-19(34)31-12-32)5-1-13-9-14(2-8-18(13)33)21(36,22(25,26)27)23(28,29)30/h2-4,6-9,16,36H,1,5,10-12H2,(H,31,34). The topological polar surface area (TPSA) is 107 Å². The van der Waals surface area contributed by atoms with E-state index in [2.05, 4.69) is 5.32 Å². The number of nitrogens with zero attached hydrogens (tertiary/aromatic N) is 2. The Morgan fingerprint density at radius 3 is 2.18 bits per heavy atom. The minimum atomic E-state index is -6.15. The Bertz CT molecular complexity index is 1380. The van der Waals surface area contributed by atoms with E-state index in [9.17, 15) is 53.8 Å². The maximum atomic E-state index is 13.6. The molecule has 39 heavy (non-hydrogen) atoms. The molecule has 0 aliphatic carbocycles. The lowest BCUT2D eigenvalue weighted by Crippen LogP contribution is -2.54. The zero-order valence-electron chi connectivity index (χ0n) is 19.7. The quantitative estimate of drug-likeness (QED) is 0.527. The molecule has 0 radical (unpaired) electrons. The molecule has 2 amide bonds. The molecular weight excluding hydrogens is 563 g/mol. The molecule has 2 aliphatic rings. The highest BCUT2D eigenvalue weighted by molar-refractivity contribution is 7.92. The fraction of sp³-hybridized carbons (Fsp3) is 0.391. The highest BCUT2D eigenvalue weighted by Gasteiger charge is 2.71. The van der Waals surface area contributed by atoms with Crippen molar-refractivity contribution in [1.82, 2.24) is 10.2 Å². The second kappa shape index (κ2) is 9.66. The average molecular weight is 583 g/mol. The fourth-order valence-electron chi connectivity index (χ4n) is 4.56. The number of hydrogen-bond donors (Lipinski definition) is 2. The van der Waals surface area contributed by atoms with Gasteiger partial charge in [0.1, 0.15) is 12.4 Å². The number of amides is 2. The predicted molar refractivity (Wildman–Crippen MR) is 120 cm³/mol. The third-order valence-electron chi connectivity index (χ3n) is 6.57. The van der Waals surface area contributed by atoms with Crippen LogP contribution in [-0.2, 0) is 31.6 Å². The van der Waals surface area contributed by atoms with E-state index in [0.717, 1.165) is 29.2 Å². The number of alkyl halides is 6. The molecule has 1 atom stereocenters. The zero-order chi connectivity index (χ0) is 29.0. The molecule has 0 bridgehead atoms. The monoisotopic (exact) mass is 583 g/mol. The number of aliphatic hydroxyl groups is 1. The van der Waals surface area contributed by atoms with Crippen LogP contribution in [0.5, 0.6) is 0 Å². The van der Waals surface area contributed by atoms with Gasteiger partial charge in [0.2, 0.25) is 11.8 Å². The number of halogens is 7. The Kier molecular flexibility index (Phi) is 7.08. The van der Waals surface area contributed by atoms with E-state index in [4.69, 9.17) is 0 Å². The van der Waals surface area contributed by atoms with E-state index in [1.165, 1.54) is 0 Å². The van der Waals surface area contributed by atoms with Crippen molar-refractivity contribution in [2.75, 3.05) is 17.5 Å². The zero-order valence-corrected chi connectivity index (χ0v) is 20.5. The highest BCUT2D eigenvalue weighted by atomic mass is 32.2. The number of fused-ring (bicyclic) bond motifs is 1. The SMILES string of the molecule is O=C1CN(C(=O)CC2CCc3cc(C(O)(C(F)(F)F)C(F)(F)F)ccc3N2S(=O)(=O)c2ccc(F)cc2)CN1. The van der Waals surface area contributed by atoms with Crippen LogP contribution in [0.3, 0.4) is 0 Å². The van der Waals surface area contributed by atoms with Gasteiger partial charge in [0.25, 0.3) is 15.6 Å². The Morgan fingerprint density at radius 2 is 1.64 bits per heavy atom. The molecule has 2 aliphatic heterocycles. The molecule has 2 N–H and O–H groups in total. The van der Waals surface area contributed by atoms with Crippen LogP contribution in [0.15, 0.2) is 47.4 Å². The molecular formula is C23H20F7N3O5S. The number of rotatable bonds is 5. The van der Waals surface area contributed by atoms with Gasteiger partial charge in [-0.3, -0.25) is 13.9 Å². The van der Waals surface area contributed by atoms with Crippen LogP contribution in [-0.4, -0.2) is 61.8 Å². The second-order valence-corrected chi connectivity index (χ2v) is 10.9. The van der Waals surface area contributed by atoms with Gasteiger partial charge in [0.05, 0.1) is 23.3 Å². The van der Waals surface area contributed by atoms with Gasteiger partial charge in [0, 0.05) is 12.0 Å². The summed E-state index contributed by atoms with van der Waals surface area (Å²) in [7, 11) is -4.62. The molecule has 1 fully saturated rings. The minimum absolute atomic E-state index is 0.123. The number of nitrogens with one attached hydrogen (secondary N) is 1. The van der Waals surface area contributed by atoms with E-state index >= 15 is 0 Å². The molecule has 2 aromatic rings. The van der Waals surface area contributed by atoms with Gasteiger partial charge in [-0.15, -0.1) is 0 Å². The molecule has 0 saturated carbocycles. The average Bonchev–Trinajstić information content (AvgIpc) is 3.28. The molecule has 2 aromatic carbocycles. The van der Waals surface area contributed by atoms with Gasteiger partial charge in [-0.1, -0.05) is 12.1 Å². The predicted octanol–water partition coefficient (Wildman–Crippen LogP) is 2.95. The number of carbonyl (C=O) groups excluding carboxylic acids is 2. The molecule has 8 nitrogen and oxygen atoms in total. The first-order valence-corrected chi connectivity index (χ1v) is 12.7. The number of hydrogen-bond acceptors (Lipinski definition) is 5. The van der Waals surface area contributed by atoms with Gasteiger partial charge in [-0.2, -0.15) is 26.3 Å². The third kappa shape index (κ3) is 5.02. The van der Waals surface area contributed by atoms with Crippen molar-refractivity contribution in [1.29, 1.82) is 0 Å². The number of aryl methyl sites for hydroxylation is 1. The summed E-state index contributed by atoms with van der Waals surface area (Å²) < 4.78 is 122. The molecule has 2 heterocycles. The summed E-state index contributed by atoms with van der Waals surface area (Å²) in [6, 6.07) is 3.83. The molecule has 4 rings (SSSR count). The van der Waals surface area contributed by atoms with Gasteiger partial charge < -0.3 is 15.3 Å². The Balaban J connectivity index is 1.81. The van der Waals surface area contributed by atoms with Crippen LogP contribution >= 0.6 is 0 Å². The molecule has 1 saturated heterocycles.